The minimum absolute atomic E-state index is 0.670. The lowest BCUT2D eigenvalue weighted by atomic mass is 10.1. The zero-order valence-corrected chi connectivity index (χ0v) is 14.2. The predicted octanol–water partition coefficient (Wildman–Crippen LogP) is 2.66. The normalized spacial score (nSPS) is 22.1. The van der Waals surface area contributed by atoms with Crippen molar-refractivity contribution in [1.29, 1.82) is 0 Å². The molecule has 0 aromatic carbocycles. The van der Waals surface area contributed by atoms with Crippen molar-refractivity contribution in [3.8, 4) is 0 Å². The molecule has 0 amide bonds. The number of piperazine rings is 1. The molecule has 2 saturated heterocycles. The van der Waals surface area contributed by atoms with Gasteiger partial charge < -0.3 is 4.90 Å². The minimum atomic E-state index is 0.670. The number of nitrogens with zero attached hydrogens (tertiary/aromatic N) is 4. The van der Waals surface area contributed by atoms with Crippen LogP contribution in [0.4, 0.5) is 5.00 Å². The Balaban J connectivity index is 1.53. The highest BCUT2D eigenvalue weighted by atomic mass is 32.1. The van der Waals surface area contributed by atoms with E-state index in [4.69, 9.17) is 0 Å². The van der Waals surface area contributed by atoms with Gasteiger partial charge in [0.1, 0.15) is 10.0 Å². The van der Waals surface area contributed by atoms with Crippen molar-refractivity contribution in [3.05, 3.63) is 11.2 Å². The van der Waals surface area contributed by atoms with Crippen LogP contribution >= 0.6 is 11.3 Å². The molecule has 0 radical (unpaired) electrons. The highest BCUT2D eigenvalue weighted by molar-refractivity contribution is 7.15. The van der Waals surface area contributed by atoms with Crippen LogP contribution in [-0.2, 0) is 6.54 Å². The smallest absolute Gasteiger partial charge is 0.111 e. The molecular weight excluding hydrogens is 280 g/mol. The van der Waals surface area contributed by atoms with Gasteiger partial charge in [-0.15, -0.1) is 11.3 Å². The molecule has 21 heavy (non-hydrogen) atoms. The molecule has 0 saturated carbocycles. The number of thiazole rings is 1. The Morgan fingerprint density at radius 2 is 1.76 bits per heavy atom. The number of hydrogen-bond acceptors (Lipinski definition) is 5. The molecule has 4 nitrogen and oxygen atoms in total. The first-order valence-electron chi connectivity index (χ1n) is 8.38. The minimum Gasteiger partial charge on any atom is -0.360 e. The van der Waals surface area contributed by atoms with Gasteiger partial charge in [0.25, 0.3) is 0 Å². The highest BCUT2D eigenvalue weighted by Gasteiger charge is 2.21. The van der Waals surface area contributed by atoms with Crippen molar-refractivity contribution in [2.45, 2.75) is 45.7 Å². The number of likely N-dealkylation sites (tertiary alicyclic amines) is 1. The second-order valence-corrected chi connectivity index (χ2v) is 7.64. The number of anilines is 1. The first-order valence-corrected chi connectivity index (χ1v) is 9.20. The van der Waals surface area contributed by atoms with Gasteiger partial charge in [0.15, 0.2) is 0 Å². The van der Waals surface area contributed by atoms with Crippen molar-refractivity contribution < 1.29 is 0 Å². The van der Waals surface area contributed by atoms with E-state index in [2.05, 4.69) is 39.7 Å². The van der Waals surface area contributed by atoms with E-state index in [-0.39, 0.29) is 0 Å². The SMILES string of the molecule is CC(C)N1CCN(c2cnc(CN3CCCCC3)s2)CC1. The summed E-state index contributed by atoms with van der Waals surface area (Å²) in [5.74, 6) is 0. The fourth-order valence-electron chi connectivity index (χ4n) is 3.29. The molecule has 2 aliphatic rings. The molecule has 0 N–H and O–H groups in total. The maximum atomic E-state index is 4.66. The van der Waals surface area contributed by atoms with E-state index in [1.165, 1.54) is 55.5 Å². The second-order valence-electron chi connectivity index (χ2n) is 6.55. The molecule has 2 fully saturated rings. The van der Waals surface area contributed by atoms with E-state index in [1.807, 2.05) is 11.3 Å². The third-order valence-electron chi connectivity index (χ3n) is 4.71. The molecule has 0 bridgehead atoms. The van der Waals surface area contributed by atoms with Crippen molar-refractivity contribution in [2.75, 3.05) is 44.2 Å². The Bertz CT molecular complexity index is 431. The van der Waals surface area contributed by atoms with Crippen LogP contribution < -0.4 is 4.90 Å². The predicted molar refractivity (Wildman–Crippen MR) is 90.2 cm³/mol. The lowest BCUT2D eigenvalue weighted by Crippen LogP contribution is -2.48. The number of piperidine rings is 1. The Kier molecular flexibility index (Phi) is 5.14. The summed E-state index contributed by atoms with van der Waals surface area (Å²) >= 11 is 1.90. The molecular formula is C16H28N4S. The van der Waals surface area contributed by atoms with E-state index in [1.54, 1.807) is 0 Å². The summed E-state index contributed by atoms with van der Waals surface area (Å²) in [5, 5.41) is 2.66. The third-order valence-corrected chi connectivity index (χ3v) is 5.75. The third kappa shape index (κ3) is 3.96. The summed E-state index contributed by atoms with van der Waals surface area (Å²) in [6, 6.07) is 0.670. The van der Waals surface area contributed by atoms with Gasteiger partial charge in [-0.3, -0.25) is 9.80 Å². The van der Waals surface area contributed by atoms with Crippen molar-refractivity contribution in [1.82, 2.24) is 14.8 Å². The zero-order valence-electron chi connectivity index (χ0n) is 13.4. The van der Waals surface area contributed by atoms with Gasteiger partial charge in [0.2, 0.25) is 0 Å². The zero-order chi connectivity index (χ0) is 14.7. The molecule has 1 aromatic heterocycles. The standard InChI is InChI=1S/C16H28N4S/c1-14(2)19-8-10-20(11-9-19)16-12-17-15(21-16)13-18-6-4-3-5-7-18/h12,14H,3-11,13H2,1-2H3. The van der Waals surface area contributed by atoms with Crippen LogP contribution in [-0.4, -0.2) is 60.1 Å². The van der Waals surface area contributed by atoms with E-state index in [0.717, 1.165) is 19.6 Å². The van der Waals surface area contributed by atoms with Crippen LogP contribution in [0.3, 0.4) is 0 Å². The molecule has 0 atom stereocenters. The fraction of sp³-hybridized carbons (Fsp3) is 0.812. The first-order chi connectivity index (χ1) is 10.2. The average Bonchev–Trinajstić information content (AvgIpc) is 2.97. The molecule has 3 heterocycles. The monoisotopic (exact) mass is 308 g/mol. The van der Waals surface area contributed by atoms with Crippen molar-refractivity contribution in [2.24, 2.45) is 0 Å². The average molecular weight is 308 g/mol. The highest BCUT2D eigenvalue weighted by Crippen LogP contribution is 2.26. The molecule has 2 aliphatic heterocycles. The quantitative estimate of drug-likeness (QED) is 0.853. The molecule has 0 spiro atoms. The molecule has 1 aromatic rings. The van der Waals surface area contributed by atoms with Crippen LogP contribution in [0.2, 0.25) is 0 Å². The van der Waals surface area contributed by atoms with Crippen LogP contribution in [0.5, 0.6) is 0 Å². The summed E-state index contributed by atoms with van der Waals surface area (Å²) in [6.45, 7) is 12.8. The Morgan fingerprint density at radius 1 is 1.05 bits per heavy atom. The number of hydrogen-bond donors (Lipinski definition) is 0. The Hall–Kier alpha value is -0.650. The summed E-state index contributed by atoms with van der Waals surface area (Å²) < 4.78 is 0. The van der Waals surface area contributed by atoms with Gasteiger partial charge in [0, 0.05) is 32.2 Å². The Morgan fingerprint density at radius 3 is 2.43 bits per heavy atom. The van der Waals surface area contributed by atoms with Gasteiger partial charge in [-0.25, -0.2) is 4.98 Å². The maximum absolute atomic E-state index is 4.66. The van der Waals surface area contributed by atoms with Crippen molar-refractivity contribution >= 4 is 16.3 Å². The van der Waals surface area contributed by atoms with Gasteiger partial charge in [-0.05, 0) is 39.8 Å². The topological polar surface area (TPSA) is 22.6 Å². The fourth-order valence-corrected chi connectivity index (χ4v) is 4.30. The van der Waals surface area contributed by atoms with Gasteiger partial charge in [-0.2, -0.15) is 0 Å². The molecule has 3 rings (SSSR count). The lowest BCUT2D eigenvalue weighted by molar-refractivity contribution is 0.209. The maximum Gasteiger partial charge on any atom is 0.111 e. The molecule has 5 heteroatoms. The molecule has 0 unspecified atom stereocenters. The summed E-state index contributed by atoms with van der Waals surface area (Å²) in [5.41, 5.74) is 0. The van der Waals surface area contributed by atoms with Gasteiger partial charge in [0.05, 0.1) is 12.7 Å². The van der Waals surface area contributed by atoms with Gasteiger partial charge >= 0.3 is 0 Å². The Labute approximate surface area is 132 Å². The van der Waals surface area contributed by atoms with E-state index < -0.39 is 0 Å². The second kappa shape index (κ2) is 7.07. The number of rotatable bonds is 4. The largest absolute Gasteiger partial charge is 0.360 e. The van der Waals surface area contributed by atoms with Gasteiger partial charge in [-0.1, -0.05) is 6.42 Å². The van der Waals surface area contributed by atoms with Crippen LogP contribution in [0.15, 0.2) is 6.20 Å². The van der Waals surface area contributed by atoms with E-state index in [0.29, 0.717) is 6.04 Å². The number of aromatic nitrogens is 1. The molecule has 118 valence electrons. The lowest BCUT2D eigenvalue weighted by Gasteiger charge is -2.37. The molecule has 0 aliphatic carbocycles. The summed E-state index contributed by atoms with van der Waals surface area (Å²) in [4.78, 5) is 12.3. The van der Waals surface area contributed by atoms with Crippen LogP contribution in [0.25, 0.3) is 0 Å². The summed E-state index contributed by atoms with van der Waals surface area (Å²) in [6.07, 6.45) is 6.21. The summed E-state index contributed by atoms with van der Waals surface area (Å²) in [7, 11) is 0. The first kappa shape index (κ1) is 15.3. The van der Waals surface area contributed by atoms with Crippen molar-refractivity contribution in [3.63, 3.8) is 0 Å². The van der Waals surface area contributed by atoms with E-state index in [9.17, 15) is 0 Å². The van der Waals surface area contributed by atoms with Crippen LogP contribution in [0, 0.1) is 0 Å². The van der Waals surface area contributed by atoms with Crippen LogP contribution in [0.1, 0.15) is 38.1 Å². The van der Waals surface area contributed by atoms with E-state index >= 15 is 0 Å².